The molecule has 11 heavy (non-hydrogen) atoms. The maximum absolute atomic E-state index is 5.91. The van der Waals surface area contributed by atoms with Crippen molar-refractivity contribution < 1.29 is 0 Å². The van der Waals surface area contributed by atoms with E-state index < -0.39 is 0 Å². The summed E-state index contributed by atoms with van der Waals surface area (Å²) in [4.78, 5) is 0. The fourth-order valence-electron chi connectivity index (χ4n) is 1.11. The first-order valence-electron chi connectivity index (χ1n) is 4.27. The molecule has 0 spiro atoms. The van der Waals surface area contributed by atoms with Crippen molar-refractivity contribution in [1.29, 1.82) is 0 Å². The van der Waals surface area contributed by atoms with Gasteiger partial charge < -0.3 is 0 Å². The summed E-state index contributed by atoms with van der Waals surface area (Å²) in [5, 5.41) is 0. The van der Waals surface area contributed by atoms with Gasteiger partial charge >= 0.3 is 0 Å². The molecule has 0 saturated heterocycles. The highest BCUT2D eigenvalue weighted by atomic mass is 35.5. The molecule has 0 saturated carbocycles. The zero-order chi connectivity index (χ0) is 8.91. The Morgan fingerprint density at radius 3 is 2.45 bits per heavy atom. The molecule has 66 valence electrons. The Bertz CT molecular complexity index is 114. The van der Waals surface area contributed by atoms with Gasteiger partial charge in [-0.1, -0.05) is 26.8 Å². The van der Waals surface area contributed by atoms with Crippen LogP contribution in [0.4, 0.5) is 0 Å². The van der Waals surface area contributed by atoms with Gasteiger partial charge in [0.15, 0.2) is 0 Å². The molecule has 0 heterocycles. The lowest BCUT2D eigenvalue weighted by atomic mass is 9.76. The van der Waals surface area contributed by atoms with Crippen molar-refractivity contribution >= 4 is 11.6 Å². The molecule has 0 nitrogen and oxygen atoms in total. The molecule has 0 bridgehead atoms. The van der Waals surface area contributed by atoms with E-state index in [0.29, 0.717) is 5.92 Å². The lowest BCUT2D eigenvalue weighted by Crippen LogP contribution is -2.26. The summed E-state index contributed by atoms with van der Waals surface area (Å²) in [6.07, 6.45) is 4.19. The lowest BCUT2D eigenvalue weighted by molar-refractivity contribution is 0.228. The van der Waals surface area contributed by atoms with Crippen LogP contribution in [0.2, 0.25) is 0 Å². The van der Waals surface area contributed by atoms with Crippen LogP contribution in [0.1, 0.15) is 33.6 Å². The van der Waals surface area contributed by atoms with Gasteiger partial charge in [-0.3, -0.25) is 0 Å². The highest BCUT2D eigenvalue weighted by Gasteiger charge is 2.26. The molecule has 0 aromatic heterocycles. The third-order valence-electron chi connectivity index (χ3n) is 2.82. The van der Waals surface area contributed by atoms with Gasteiger partial charge in [-0.2, -0.15) is 0 Å². The quantitative estimate of drug-likeness (QED) is 0.439. The van der Waals surface area contributed by atoms with Crippen LogP contribution < -0.4 is 0 Å². The van der Waals surface area contributed by atoms with Crippen LogP contribution in [-0.2, 0) is 0 Å². The Morgan fingerprint density at radius 1 is 1.64 bits per heavy atom. The number of hydrogen-bond donors (Lipinski definition) is 0. The summed E-state index contributed by atoms with van der Waals surface area (Å²) in [7, 11) is 0. The highest BCUT2D eigenvalue weighted by Crippen LogP contribution is 2.34. The molecule has 2 atom stereocenters. The third kappa shape index (κ3) is 2.86. The van der Waals surface area contributed by atoms with E-state index in [2.05, 4.69) is 27.4 Å². The van der Waals surface area contributed by atoms with Crippen molar-refractivity contribution in [3.05, 3.63) is 12.7 Å². The van der Waals surface area contributed by atoms with Crippen LogP contribution in [0.15, 0.2) is 12.7 Å². The average molecular weight is 175 g/mol. The monoisotopic (exact) mass is 174 g/mol. The predicted molar refractivity (Wildman–Crippen MR) is 53.1 cm³/mol. The van der Waals surface area contributed by atoms with Crippen LogP contribution in [0.3, 0.4) is 0 Å². The Morgan fingerprint density at radius 2 is 2.18 bits per heavy atom. The molecule has 0 N–H and O–H groups in total. The highest BCUT2D eigenvalue weighted by molar-refractivity contribution is 6.18. The normalized spacial score (nSPS) is 18.9. The lowest BCUT2D eigenvalue weighted by Gasteiger charge is -2.32. The van der Waals surface area contributed by atoms with Crippen molar-refractivity contribution in [2.45, 2.75) is 33.6 Å². The van der Waals surface area contributed by atoms with E-state index in [-0.39, 0.29) is 5.41 Å². The number of hydrogen-bond acceptors (Lipinski definition) is 0. The molecule has 1 heteroatoms. The van der Waals surface area contributed by atoms with Gasteiger partial charge in [0, 0.05) is 5.88 Å². The summed E-state index contributed by atoms with van der Waals surface area (Å²) in [5.74, 6) is 1.39. The molecule has 0 amide bonds. The third-order valence-corrected chi connectivity index (χ3v) is 3.43. The molecule has 0 rings (SSSR count). The zero-order valence-electron chi connectivity index (χ0n) is 7.86. The summed E-state index contributed by atoms with van der Waals surface area (Å²) in [5.41, 5.74) is 0.287. The van der Waals surface area contributed by atoms with Crippen LogP contribution >= 0.6 is 11.6 Å². The number of rotatable bonds is 5. The van der Waals surface area contributed by atoms with E-state index in [9.17, 15) is 0 Å². The summed E-state index contributed by atoms with van der Waals surface area (Å²) >= 11 is 5.91. The van der Waals surface area contributed by atoms with E-state index >= 15 is 0 Å². The molecule has 0 fully saturated rings. The summed E-state index contributed by atoms with van der Waals surface area (Å²) in [6, 6.07) is 0. The largest absolute Gasteiger partial charge is 0.126 e. The van der Waals surface area contributed by atoms with Crippen LogP contribution in [0.5, 0.6) is 0 Å². The Labute approximate surface area is 75.6 Å². The first kappa shape index (κ1) is 11.0. The van der Waals surface area contributed by atoms with Gasteiger partial charge in [-0.05, 0) is 24.2 Å². The average Bonchev–Trinajstić information content (AvgIpc) is 2.03. The van der Waals surface area contributed by atoms with Crippen LogP contribution in [0.25, 0.3) is 0 Å². The summed E-state index contributed by atoms with van der Waals surface area (Å²) < 4.78 is 0. The minimum atomic E-state index is 0.287. The molecule has 0 radical (unpaired) electrons. The fourth-order valence-corrected chi connectivity index (χ4v) is 1.56. The minimum absolute atomic E-state index is 0.287. The minimum Gasteiger partial charge on any atom is -0.126 e. The van der Waals surface area contributed by atoms with Gasteiger partial charge in [-0.25, -0.2) is 0 Å². The summed E-state index contributed by atoms with van der Waals surface area (Å²) in [6.45, 7) is 10.4. The van der Waals surface area contributed by atoms with Crippen molar-refractivity contribution in [3.63, 3.8) is 0 Å². The molecule has 0 aromatic carbocycles. The second kappa shape index (κ2) is 4.82. The van der Waals surface area contributed by atoms with Crippen molar-refractivity contribution in [1.82, 2.24) is 0 Å². The molecule has 0 aliphatic heterocycles. The molecule has 2 unspecified atom stereocenters. The topological polar surface area (TPSA) is 0 Å². The van der Waals surface area contributed by atoms with E-state index in [1.807, 2.05) is 6.08 Å². The first-order chi connectivity index (χ1) is 5.10. The van der Waals surface area contributed by atoms with Gasteiger partial charge in [0.1, 0.15) is 0 Å². The number of halogens is 1. The Kier molecular flexibility index (Phi) is 4.83. The molecule has 0 aliphatic rings. The van der Waals surface area contributed by atoms with Crippen molar-refractivity contribution in [2.75, 3.05) is 5.88 Å². The first-order valence-corrected chi connectivity index (χ1v) is 4.81. The van der Waals surface area contributed by atoms with E-state index in [4.69, 9.17) is 11.6 Å². The second-order valence-corrected chi connectivity index (χ2v) is 3.83. The zero-order valence-corrected chi connectivity index (χ0v) is 8.62. The van der Waals surface area contributed by atoms with Gasteiger partial charge in [0.05, 0.1) is 0 Å². The van der Waals surface area contributed by atoms with E-state index in [1.54, 1.807) is 0 Å². The smallest absolute Gasteiger partial charge is 0.0279 e. The van der Waals surface area contributed by atoms with E-state index in [0.717, 1.165) is 18.7 Å². The molecule has 0 aliphatic carbocycles. The van der Waals surface area contributed by atoms with Gasteiger partial charge in [-0.15, -0.1) is 18.2 Å². The maximum atomic E-state index is 5.91. The second-order valence-electron chi connectivity index (χ2n) is 3.57. The fraction of sp³-hybridized carbons (Fsp3) is 0.800. The maximum Gasteiger partial charge on any atom is 0.0279 e. The Balaban J connectivity index is 4.10. The molecule has 0 aromatic rings. The Hall–Kier alpha value is 0.0300. The number of allylic oxidation sites excluding steroid dienone is 1. The SMILES string of the molecule is C=CCC(C)C(C)(CC)CCl. The van der Waals surface area contributed by atoms with Gasteiger partial charge in [0.25, 0.3) is 0 Å². The predicted octanol–water partition coefficient (Wildman–Crippen LogP) is 3.85. The molecular formula is C10H19Cl. The van der Waals surface area contributed by atoms with Crippen LogP contribution in [-0.4, -0.2) is 5.88 Å². The van der Waals surface area contributed by atoms with Crippen LogP contribution in [0, 0.1) is 11.3 Å². The van der Waals surface area contributed by atoms with Crippen molar-refractivity contribution in [3.8, 4) is 0 Å². The van der Waals surface area contributed by atoms with E-state index in [1.165, 1.54) is 0 Å². The standard InChI is InChI=1S/C10H19Cl/c1-5-7-9(3)10(4,6-2)8-11/h5,9H,1,6-8H2,2-4H3. The molecular weight excluding hydrogens is 156 g/mol. The van der Waals surface area contributed by atoms with Crippen molar-refractivity contribution in [2.24, 2.45) is 11.3 Å². The number of alkyl halides is 1. The van der Waals surface area contributed by atoms with Gasteiger partial charge in [0.2, 0.25) is 0 Å².